The van der Waals surface area contributed by atoms with E-state index in [1.54, 1.807) is 6.92 Å². The van der Waals surface area contributed by atoms with Gasteiger partial charge in [-0.1, -0.05) is 29.8 Å². The first-order chi connectivity index (χ1) is 9.99. The molecule has 0 radical (unpaired) electrons. The SMILES string of the molecule is CC(=O)NC1CCN(C(c2ccccc2Cl)C(C)N)CC1. The van der Waals surface area contributed by atoms with Gasteiger partial charge in [0, 0.05) is 37.1 Å². The number of benzene rings is 1. The molecule has 1 aromatic rings. The fraction of sp³-hybridized carbons (Fsp3) is 0.562. The molecule has 1 heterocycles. The standard InChI is InChI=1S/C16H24ClN3O/c1-11(18)16(14-5-3-4-6-15(14)17)20-9-7-13(8-10-20)19-12(2)21/h3-6,11,13,16H,7-10,18H2,1-2H3,(H,19,21). The molecule has 4 nitrogen and oxygen atoms in total. The van der Waals surface area contributed by atoms with Crippen LogP contribution in [0.5, 0.6) is 0 Å². The number of nitrogens with zero attached hydrogens (tertiary/aromatic N) is 1. The molecule has 0 spiro atoms. The molecule has 21 heavy (non-hydrogen) atoms. The van der Waals surface area contributed by atoms with Crippen LogP contribution < -0.4 is 11.1 Å². The van der Waals surface area contributed by atoms with Crippen LogP contribution >= 0.6 is 11.6 Å². The van der Waals surface area contributed by atoms with Crippen molar-refractivity contribution in [2.45, 2.75) is 44.8 Å². The van der Waals surface area contributed by atoms with Crippen LogP contribution in [0.2, 0.25) is 5.02 Å². The Bertz CT molecular complexity index is 484. The highest BCUT2D eigenvalue weighted by Crippen LogP contribution is 2.31. The minimum absolute atomic E-state index is 0.00205. The van der Waals surface area contributed by atoms with Crippen molar-refractivity contribution < 1.29 is 4.79 Å². The molecule has 0 aromatic heterocycles. The average Bonchev–Trinajstić information content (AvgIpc) is 2.42. The Morgan fingerprint density at radius 2 is 2.00 bits per heavy atom. The highest BCUT2D eigenvalue weighted by molar-refractivity contribution is 6.31. The lowest BCUT2D eigenvalue weighted by atomic mass is 9.95. The normalized spacial score (nSPS) is 20.0. The summed E-state index contributed by atoms with van der Waals surface area (Å²) < 4.78 is 0. The molecule has 0 bridgehead atoms. The van der Waals surface area contributed by atoms with Gasteiger partial charge in [-0.2, -0.15) is 0 Å². The highest BCUT2D eigenvalue weighted by atomic mass is 35.5. The molecule has 3 N–H and O–H groups in total. The lowest BCUT2D eigenvalue weighted by Crippen LogP contribution is -2.48. The molecule has 1 aliphatic heterocycles. The van der Waals surface area contributed by atoms with Crippen molar-refractivity contribution in [3.63, 3.8) is 0 Å². The predicted molar refractivity (Wildman–Crippen MR) is 86.3 cm³/mol. The predicted octanol–water partition coefficient (Wildman–Crippen LogP) is 2.33. The van der Waals surface area contributed by atoms with E-state index in [1.807, 2.05) is 25.1 Å². The van der Waals surface area contributed by atoms with Gasteiger partial charge >= 0.3 is 0 Å². The Balaban J connectivity index is 2.08. The van der Waals surface area contributed by atoms with Crippen molar-refractivity contribution in [1.82, 2.24) is 10.2 Å². The molecule has 2 unspecified atom stereocenters. The van der Waals surface area contributed by atoms with Gasteiger partial charge in [0.05, 0.1) is 6.04 Å². The molecular weight excluding hydrogens is 286 g/mol. The monoisotopic (exact) mass is 309 g/mol. The van der Waals surface area contributed by atoms with Crippen LogP contribution in [0.15, 0.2) is 24.3 Å². The van der Waals surface area contributed by atoms with E-state index >= 15 is 0 Å². The zero-order valence-corrected chi connectivity index (χ0v) is 13.4. The molecule has 0 aliphatic carbocycles. The molecular formula is C16H24ClN3O. The number of carbonyl (C=O) groups excluding carboxylic acids is 1. The van der Waals surface area contributed by atoms with E-state index in [4.69, 9.17) is 17.3 Å². The smallest absolute Gasteiger partial charge is 0.217 e. The minimum Gasteiger partial charge on any atom is -0.354 e. The largest absolute Gasteiger partial charge is 0.354 e. The molecule has 2 rings (SSSR count). The summed E-state index contributed by atoms with van der Waals surface area (Å²) in [4.78, 5) is 13.5. The van der Waals surface area contributed by atoms with E-state index < -0.39 is 0 Å². The molecule has 0 saturated carbocycles. The van der Waals surface area contributed by atoms with Crippen molar-refractivity contribution >= 4 is 17.5 Å². The molecule has 116 valence electrons. The summed E-state index contributed by atoms with van der Waals surface area (Å²) in [5.74, 6) is 0.0447. The molecule has 1 saturated heterocycles. The summed E-state index contributed by atoms with van der Waals surface area (Å²) >= 11 is 6.34. The summed E-state index contributed by atoms with van der Waals surface area (Å²) in [5, 5.41) is 3.77. The number of nitrogens with one attached hydrogen (secondary N) is 1. The number of piperidine rings is 1. The van der Waals surface area contributed by atoms with Crippen molar-refractivity contribution in [3.05, 3.63) is 34.9 Å². The maximum Gasteiger partial charge on any atom is 0.217 e. The first-order valence-corrected chi connectivity index (χ1v) is 7.88. The molecule has 1 fully saturated rings. The van der Waals surface area contributed by atoms with Gasteiger partial charge in [-0.05, 0) is 31.4 Å². The second-order valence-electron chi connectivity index (χ2n) is 5.84. The van der Waals surface area contributed by atoms with E-state index in [-0.39, 0.29) is 24.0 Å². The first kappa shape index (κ1) is 16.3. The van der Waals surface area contributed by atoms with E-state index in [9.17, 15) is 4.79 Å². The van der Waals surface area contributed by atoms with Gasteiger partial charge in [0.15, 0.2) is 0 Å². The van der Waals surface area contributed by atoms with E-state index in [1.165, 1.54) is 0 Å². The topological polar surface area (TPSA) is 58.4 Å². The lowest BCUT2D eigenvalue weighted by molar-refractivity contribution is -0.120. The molecule has 2 atom stereocenters. The van der Waals surface area contributed by atoms with Crippen molar-refractivity contribution in [1.29, 1.82) is 0 Å². The van der Waals surface area contributed by atoms with Gasteiger partial charge in [0.2, 0.25) is 5.91 Å². The Morgan fingerprint density at radius 3 is 2.52 bits per heavy atom. The number of carbonyl (C=O) groups is 1. The van der Waals surface area contributed by atoms with Crippen molar-refractivity contribution in [2.24, 2.45) is 5.73 Å². The number of likely N-dealkylation sites (tertiary alicyclic amines) is 1. The molecule has 5 heteroatoms. The number of rotatable bonds is 4. The third kappa shape index (κ3) is 4.19. The van der Waals surface area contributed by atoms with Crippen molar-refractivity contribution in [3.8, 4) is 0 Å². The second-order valence-corrected chi connectivity index (χ2v) is 6.24. The summed E-state index contributed by atoms with van der Waals surface area (Å²) in [6, 6.07) is 8.30. The minimum atomic E-state index is 0.00205. The zero-order valence-electron chi connectivity index (χ0n) is 12.7. The highest BCUT2D eigenvalue weighted by Gasteiger charge is 2.29. The summed E-state index contributed by atoms with van der Waals surface area (Å²) in [6.07, 6.45) is 1.90. The van der Waals surface area contributed by atoms with Gasteiger partial charge < -0.3 is 11.1 Å². The molecule has 1 aromatic carbocycles. The Hall–Kier alpha value is -1.10. The Labute approximate surface area is 131 Å². The summed E-state index contributed by atoms with van der Waals surface area (Å²) in [5.41, 5.74) is 7.30. The fourth-order valence-electron chi connectivity index (χ4n) is 3.14. The average molecular weight is 310 g/mol. The second kappa shape index (κ2) is 7.25. The fourth-order valence-corrected chi connectivity index (χ4v) is 3.38. The Kier molecular flexibility index (Phi) is 5.62. The third-order valence-electron chi connectivity index (χ3n) is 4.05. The van der Waals surface area contributed by atoms with E-state index in [0.29, 0.717) is 0 Å². The van der Waals surface area contributed by atoms with Gasteiger partial charge in [-0.15, -0.1) is 0 Å². The van der Waals surface area contributed by atoms with Crippen LogP contribution in [0.4, 0.5) is 0 Å². The maximum absolute atomic E-state index is 11.1. The van der Waals surface area contributed by atoms with Crippen LogP contribution in [-0.2, 0) is 4.79 Å². The van der Waals surface area contributed by atoms with Crippen LogP contribution in [0.3, 0.4) is 0 Å². The summed E-state index contributed by atoms with van der Waals surface area (Å²) in [7, 11) is 0. The molecule has 1 amide bonds. The van der Waals surface area contributed by atoms with Gasteiger partial charge in [0.1, 0.15) is 0 Å². The van der Waals surface area contributed by atoms with Crippen LogP contribution in [-0.4, -0.2) is 36.0 Å². The number of nitrogens with two attached hydrogens (primary N) is 1. The van der Waals surface area contributed by atoms with E-state index in [2.05, 4.69) is 16.3 Å². The van der Waals surface area contributed by atoms with Crippen LogP contribution in [0.25, 0.3) is 0 Å². The maximum atomic E-state index is 11.1. The summed E-state index contributed by atoms with van der Waals surface area (Å²) in [6.45, 7) is 5.43. The number of amides is 1. The molecule has 1 aliphatic rings. The number of halogens is 1. The van der Waals surface area contributed by atoms with Crippen LogP contribution in [0, 0.1) is 0 Å². The lowest BCUT2D eigenvalue weighted by Gasteiger charge is -2.40. The zero-order chi connectivity index (χ0) is 15.4. The first-order valence-electron chi connectivity index (χ1n) is 7.50. The van der Waals surface area contributed by atoms with Crippen LogP contribution in [0.1, 0.15) is 38.3 Å². The number of hydrogen-bond acceptors (Lipinski definition) is 3. The van der Waals surface area contributed by atoms with Crippen molar-refractivity contribution in [2.75, 3.05) is 13.1 Å². The van der Waals surface area contributed by atoms with Gasteiger partial charge in [-0.3, -0.25) is 9.69 Å². The quantitative estimate of drug-likeness (QED) is 0.897. The number of hydrogen-bond donors (Lipinski definition) is 2. The Morgan fingerprint density at radius 1 is 1.38 bits per heavy atom. The van der Waals surface area contributed by atoms with Gasteiger partial charge in [-0.25, -0.2) is 0 Å². The van der Waals surface area contributed by atoms with E-state index in [0.717, 1.165) is 36.5 Å². The van der Waals surface area contributed by atoms with Gasteiger partial charge in [0.25, 0.3) is 0 Å². The third-order valence-corrected chi connectivity index (χ3v) is 4.40.